The molecular formula is C29H27ClN4O2. The summed E-state index contributed by atoms with van der Waals surface area (Å²) in [7, 11) is 0. The van der Waals surface area contributed by atoms with Crippen molar-refractivity contribution in [2.75, 3.05) is 11.9 Å². The highest BCUT2D eigenvalue weighted by atomic mass is 35.5. The van der Waals surface area contributed by atoms with Gasteiger partial charge in [-0.1, -0.05) is 61.0 Å². The van der Waals surface area contributed by atoms with Gasteiger partial charge in [0, 0.05) is 39.5 Å². The maximum absolute atomic E-state index is 12.9. The van der Waals surface area contributed by atoms with Crippen LogP contribution < -0.4 is 10.6 Å². The van der Waals surface area contributed by atoms with Gasteiger partial charge in [0.05, 0.1) is 6.54 Å². The molecule has 0 radical (unpaired) electrons. The predicted octanol–water partition coefficient (Wildman–Crippen LogP) is 6.67. The van der Waals surface area contributed by atoms with Crippen LogP contribution in [0, 0.1) is 6.92 Å². The molecule has 0 aliphatic rings. The van der Waals surface area contributed by atoms with Crippen LogP contribution in [0.25, 0.3) is 22.3 Å². The lowest BCUT2D eigenvalue weighted by atomic mass is 10.1. The Hall–Kier alpha value is -3.87. The lowest BCUT2D eigenvalue weighted by Crippen LogP contribution is -2.14. The topological polar surface area (TPSA) is 72.1 Å². The van der Waals surface area contributed by atoms with E-state index in [9.17, 15) is 4.79 Å². The predicted molar refractivity (Wildman–Crippen MR) is 145 cm³/mol. The molecule has 0 unspecified atom stereocenters. The van der Waals surface area contributed by atoms with Crippen molar-refractivity contribution in [3.8, 4) is 11.3 Å². The van der Waals surface area contributed by atoms with Crippen molar-refractivity contribution in [1.29, 1.82) is 0 Å². The molecular weight excluding hydrogens is 472 g/mol. The summed E-state index contributed by atoms with van der Waals surface area (Å²) in [5, 5.41) is 12.3. The largest absolute Gasteiger partial charge is 0.456 e. The zero-order valence-corrected chi connectivity index (χ0v) is 21.0. The Labute approximate surface area is 214 Å². The Morgan fingerprint density at radius 1 is 1.03 bits per heavy atom. The second-order valence-corrected chi connectivity index (χ2v) is 9.16. The van der Waals surface area contributed by atoms with E-state index < -0.39 is 0 Å². The van der Waals surface area contributed by atoms with Crippen LogP contribution in [-0.2, 0) is 13.1 Å². The molecule has 1 amide bonds. The van der Waals surface area contributed by atoms with Crippen molar-refractivity contribution in [3.05, 3.63) is 106 Å². The number of halogens is 1. The van der Waals surface area contributed by atoms with Crippen LogP contribution in [0.1, 0.15) is 34.2 Å². The third-order valence-electron chi connectivity index (χ3n) is 6.04. The van der Waals surface area contributed by atoms with E-state index in [0.29, 0.717) is 17.3 Å². The van der Waals surface area contributed by atoms with Gasteiger partial charge >= 0.3 is 0 Å². The fourth-order valence-electron chi connectivity index (χ4n) is 4.16. The van der Waals surface area contributed by atoms with Gasteiger partial charge in [-0.25, -0.2) is 0 Å². The van der Waals surface area contributed by atoms with Gasteiger partial charge in [-0.3, -0.25) is 9.48 Å². The molecule has 0 bridgehead atoms. The first kappa shape index (κ1) is 23.9. The van der Waals surface area contributed by atoms with Crippen molar-refractivity contribution < 1.29 is 9.21 Å². The van der Waals surface area contributed by atoms with Gasteiger partial charge in [0.1, 0.15) is 11.3 Å². The van der Waals surface area contributed by atoms with Gasteiger partial charge in [0.25, 0.3) is 5.91 Å². The highest BCUT2D eigenvalue weighted by Gasteiger charge is 2.16. The summed E-state index contributed by atoms with van der Waals surface area (Å²) >= 11 is 6.43. The van der Waals surface area contributed by atoms with Crippen LogP contribution in [0.4, 0.5) is 5.69 Å². The molecule has 0 aliphatic carbocycles. The highest BCUT2D eigenvalue weighted by Crippen LogP contribution is 2.32. The first-order valence-electron chi connectivity index (χ1n) is 11.9. The molecule has 5 aromatic rings. The van der Waals surface area contributed by atoms with Crippen molar-refractivity contribution in [2.24, 2.45) is 0 Å². The molecule has 3 aromatic carbocycles. The number of carbonyl (C=O) groups excluding carboxylic acids is 1. The standard InChI is InChI=1S/C29H27ClN4O2/c1-3-31-17-20-9-11-25(12-10-20)32-29(35)26-13-19(2)34(33-26)18-23-15-24(30)14-22-16-27(36-28(22)23)21-7-5-4-6-8-21/h4-16,31H,3,17-18H2,1-2H3,(H,32,35). The van der Waals surface area contributed by atoms with Gasteiger partial charge in [0.15, 0.2) is 5.69 Å². The molecule has 0 spiro atoms. The van der Waals surface area contributed by atoms with E-state index in [1.165, 1.54) is 0 Å². The van der Waals surface area contributed by atoms with Crippen molar-refractivity contribution in [2.45, 2.75) is 26.9 Å². The van der Waals surface area contributed by atoms with E-state index in [0.717, 1.165) is 57.9 Å². The molecule has 0 aliphatic heterocycles. The average molecular weight is 499 g/mol. The number of fused-ring (bicyclic) bond motifs is 1. The number of hydrogen-bond donors (Lipinski definition) is 2. The van der Waals surface area contributed by atoms with E-state index >= 15 is 0 Å². The number of carbonyl (C=O) groups is 1. The molecule has 2 N–H and O–H groups in total. The number of aryl methyl sites for hydroxylation is 1. The third-order valence-corrected chi connectivity index (χ3v) is 6.26. The second kappa shape index (κ2) is 10.4. The van der Waals surface area contributed by atoms with Gasteiger partial charge < -0.3 is 15.1 Å². The second-order valence-electron chi connectivity index (χ2n) is 8.72. The zero-order chi connectivity index (χ0) is 25.1. The van der Waals surface area contributed by atoms with Gasteiger partial charge in [-0.2, -0.15) is 5.10 Å². The van der Waals surface area contributed by atoms with Crippen molar-refractivity contribution in [1.82, 2.24) is 15.1 Å². The summed E-state index contributed by atoms with van der Waals surface area (Å²) in [6, 6.07) is 25.3. The molecule has 2 aromatic heterocycles. The lowest BCUT2D eigenvalue weighted by Gasteiger charge is -2.07. The van der Waals surface area contributed by atoms with E-state index in [1.54, 1.807) is 10.7 Å². The molecule has 2 heterocycles. The summed E-state index contributed by atoms with van der Waals surface area (Å²) in [5.74, 6) is 0.528. The SMILES string of the molecule is CCNCc1ccc(NC(=O)c2cc(C)n(Cc3cc(Cl)cc4cc(-c5ccccc5)oc34)n2)cc1. The molecule has 182 valence electrons. The summed E-state index contributed by atoms with van der Waals surface area (Å²) in [5.41, 5.74) is 5.77. The fraction of sp³-hybridized carbons (Fsp3) is 0.172. The fourth-order valence-corrected chi connectivity index (χ4v) is 4.41. The average Bonchev–Trinajstić information content (AvgIpc) is 3.48. The molecule has 5 rings (SSSR count). The molecule has 0 atom stereocenters. The number of nitrogens with zero attached hydrogens (tertiary/aromatic N) is 2. The van der Waals surface area contributed by atoms with E-state index in [1.807, 2.05) is 79.7 Å². The van der Waals surface area contributed by atoms with Gasteiger partial charge in [-0.15, -0.1) is 0 Å². The Morgan fingerprint density at radius 3 is 2.56 bits per heavy atom. The molecule has 7 heteroatoms. The van der Waals surface area contributed by atoms with E-state index in [2.05, 4.69) is 22.7 Å². The molecule has 6 nitrogen and oxygen atoms in total. The number of benzene rings is 3. The molecule has 0 saturated carbocycles. The number of hydrogen-bond acceptors (Lipinski definition) is 4. The summed E-state index contributed by atoms with van der Waals surface area (Å²) < 4.78 is 8.03. The van der Waals surface area contributed by atoms with Crippen molar-refractivity contribution in [3.63, 3.8) is 0 Å². The molecule has 36 heavy (non-hydrogen) atoms. The Balaban J connectivity index is 1.36. The first-order valence-corrected chi connectivity index (χ1v) is 12.3. The number of aromatic nitrogens is 2. The number of nitrogens with one attached hydrogen (secondary N) is 2. The maximum Gasteiger partial charge on any atom is 0.276 e. The number of anilines is 1. The summed E-state index contributed by atoms with van der Waals surface area (Å²) in [4.78, 5) is 12.9. The van der Waals surface area contributed by atoms with Gasteiger partial charge in [0.2, 0.25) is 0 Å². The van der Waals surface area contributed by atoms with Crippen LogP contribution in [-0.4, -0.2) is 22.2 Å². The molecule has 0 saturated heterocycles. The van der Waals surface area contributed by atoms with Gasteiger partial charge in [-0.05, 0) is 55.4 Å². The van der Waals surface area contributed by atoms with E-state index in [4.69, 9.17) is 16.0 Å². The minimum atomic E-state index is -0.253. The minimum absolute atomic E-state index is 0.253. The smallest absolute Gasteiger partial charge is 0.276 e. The minimum Gasteiger partial charge on any atom is -0.456 e. The maximum atomic E-state index is 12.9. The van der Waals surface area contributed by atoms with Crippen LogP contribution in [0.5, 0.6) is 0 Å². The normalized spacial score (nSPS) is 11.2. The van der Waals surface area contributed by atoms with Crippen LogP contribution in [0.2, 0.25) is 5.02 Å². The number of furan rings is 1. The Morgan fingerprint density at radius 2 is 1.81 bits per heavy atom. The Bertz CT molecular complexity index is 1500. The lowest BCUT2D eigenvalue weighted by molar-refractivity contribution is 0.102. The summed E-state index contributed by atoms with van der Waals surface area (Å²) in [6.45, 7) is 6.14. The zero-order valence-electron chi connectivity index (χ0n) is 20.2. The number of amides is 1. The molecule has 0 fully saturated rings. The first-order chi connectivity index (χ1) is 17.5. The van der Waals surface area contributed by atoms with Crippen LogP contribution in [0.15, 0.2) is 83.3 Å². The van der Waals surface area contributed by atoms with Crippen LogP contribution >= 0.6 is 11.6 Å². The Kier molecular flexibility index (Phi) is 6.89. The monoisotopic (exact) mass is 498 g/mol. The van der Waals surface area contributed by atoms with Crippen molar-refractivity contribution >= 4 is 34.2 Å². The number of rotatable bonds is 8. The third kappa shape index (κ3) is 5.20. The summed E-state index contributed by atoms with van der Waals surface area (Å²) in [6.07, 6.45) is 0. The highest BCUT2D eigenvalue weighted by molar-refractivity contribution is 6.31. The van der Waals surface area contributed by atoms with E-state index in [-0.39, 0.29) is 5.91 Å². The van der Waals surface area contributed by atoms with Crippen LogP contribution in [0.3, 0.4) is 0 Å². The quantitative estimate of drug-likeness (QED) is 0.250.